The average molecular weight is 411 g/mol. The summed E-state index contributed by atoms with van der Waals surface area (Å²) in [6, 6.07) is 0. The van der Waals surface area contributed by atoms with Crippen molar-refractivity contribution >= 4 is 5.97 Å². The van der Waals surface area contributed by atoms with E-state index in [2.05, 4.69) is 13.8 Å². The molecule has 0 aromatic rings. The third-order valence-electron chi connectivity index (χ3n) is 6.41. The molecule has 0 radical (unpaired) electrons. The van der Waals surface area contributed by atoms with Gasteiger partial charge in [0.15, 0.2) is 0 Å². The zero-order chi connectivity index (χ0) is 21.4. The van der Waals surface area contributed by atoms with Crippen molar-refractivity contribution in [3.8, 4) is 0 Å². The first-order valence-corrected chi connectivity index (χ1v) is 13.4. The maximum Gasteiger partial charge on any atom is 0.306 e. The smallest absolute Gasteiger partial charge is 0.306 e. The number of hydrogen-bond donors (Lipinski definition) is 1. The Balaban J connectivity index is 3.32. The van der Waals surface area contributed by atoms with Crippen molar-refractivity contribution in [1.29, 1.82) is 0 Å². The largest absolute Gasteiger partial charge is 0.481 e. The van der Waals surface area contributed by atoms with Gasteiger partial charge in [-0.25, -0.2) is 0 Å². The van der Waals surface area contributed by atoms with Gasteiger partial charge in [-0.2, -0.15) is 0 Å². The molecule has 0 amide bonds. The van der Waals surface area contributed by atoms with E-state index < -0.39 is 5.97 Å². The summed E-state index contributed by atoms with van der Waals surface area (Å²) >= 11 is 0. The molecule has 174 valence electrons. The minimum atomic E-state index is -0.568. The van der Waals surface area contributed by atoms with E-state index in [1.54, 1.807) is 0 Å². The summed E-state index contributed by atoms with van der Waals surface area (Å²) in [5, 5.41) is 9.40. The second kappa shape index (κ2) is 23.7. The molecule has 0 saturated heterocycles. The zero-order valence-corrected chi connectivity index (χ0v) is 20.2. The molecule has 1 N–H and O–H groups in total. The van der Waals surface area contributed by atoms with Gasteiger partial charge < -0.3 is 5.11 Å². The highest BCUT2D eigenvalue weighted by atomic mass is 16.4. The highest BCUT2D eigenvalue weighted by Gasteiger charge is 2.16. The molecule has 0 fully saturated rings. The van der Waals surface area contributed by atoms with Crippen LogP contribution in [0.3, 0.4) is 0 Å². The summed E-state index contributed by atoms with van der Waals surface area (Å²) in [6.07, 6.45) is 29.8. The first kappa shape index (κ1) is 28.5. The minimum absolute atomic E-state index is 0.0942. The number of hydrogen-bond acceptors (Lipinski definition) is 1. The number of unbranched alkanes of at least 4 members (excludes halogenated alkanes) is 19. The van der Waals surface area contributed by atoms with Crippen LogP contribution in [-0.2, 0) is 4.79 Å². The van der Waals surface area contributed by atoms with E-state index >= 15 is 0 Å². The second-order valence-corrected chi connectivity index (χ2v) is 9.33. The van der Waals surface area contributed by atoms with E-state index in [4.69, 9.17) is 0 Å². The van der Waals surface area contributed by atoms with Gasteiger partial charge in [-0.15, -0.1) is 0 Å². The molecule has 2 heteroatoms. The second-order valence-electron chi connectivity index (χ2n) is 9.33. The molecule has 1 atom stereocenters. The molecule has 0 heterocycles. The Labute approximate surface area is 183 Å². The predicted molar refractivity (Wildman–Crippen MR) is 129 cm³/mol. The number of carboxylic acids is 1. The van der Waals surface area contributed by atoms with Gasteiger partial charge in [-0.05, 0) is 12.8 Å². The lowest BCUT2D eigenvalue weighted by molar-refractivity contribution is -0.142. The first-order chi connectivity index (χ1) is 14.2. The Kier molecular flexibility index (Phi) is 23.3. The summed E-state index contributed by atoms with van der Waals surface area (Å²) < 4.78 is 0. The van der Waals surface area contributed by atoms with Crippen LogP contribution < -0.4 is 0 Å². The van der Waals surface area contributed by atoms with Gasteiger partial charge in [0.2, 0.25) is 0 Å². The molecule has 0 aromatic heterocycles. The summed E-state index contributed by atoms with van der Waals surface area (Å²) in [5.74, 6) is -0.662. The molecule has 29 heavy (non-hydrogen) atoms. The molecule has 0 aliphatic rings. The van der Waals surface area contributed by atoms with Crippen LogP contribution in [0.4, 0.5) is 0 Å². The predicted octanol–water partition coefficient (Wildman–Crippen LogP) is 9.70. The molecule has 0 aromatic carbocycles. The Bertz CT molecular complexity index is 326. The van der Waals surface area contributed by atoms with Gasteiger partial charge in [0.25, 0.3) is 0 Å². The number of aliphatic carboxylic acids is 1. The topological polar surface area (TPSA) is 37.3 Å². The van der Waals surface area contributed by atoms with Gasteiger partial charge in [-0.3, -0.25) is 4.79 Å². The van der Waals surface area contributed by atoms with Crippen molar-refractivity contribution in [3.63, 3.8) is 0 Å². The summed E-state index contributed by atoms with van der Waals surface area (Å²) in [4.78, 5) is 11.4. The fourth-order valence-corrected chi connectivity index (χ4v) is 4.32. The van der Waals surface area contributed by atoms with Crippen LogP contribution in [0.2, 0.25) is 0 Å². The summed E-state index contributed by atoms with van der Waals surface area (Å²) in [7, 11) is 0. The fraction of sp³-hybridized carbons (Fsp3) is 0.963. The molecule has 0 aliphatic carbocycles. The Morgan fingerprint density at radius 2 is 0.724 bits per heavy atom. The monoisotopic (exact) mass is 410 g/mol. The normalized spacial score (nSPS) is 12.3. The maximum atomic E-state index is 11.4. The van der Waals surface area contributed by atoms with E-state index in [1.807, 2.05) is 0 Å². The van der Waals surface area contributed by atoms with Gasteiger partial charge in [-0.1, -0.05) is 149 Å². The third-order valence-corrected chi connectivity index (χ3v) is 6.41. The number of rotatable bonds is 24. The molecule has 1 unspecified atom stereocenters. The minimum Gasteiger partial charge on any atom is -0.481 e. The molecule has 0 rings (SSSR count). The van der Waals surface area contributed by atoms with Crippen molar-refractivity contribution in [1.82, 2.24) is 0 Å². The van der Waals surface area contributed by atoms with E-state index in [1.165, 1.54) is 122 Å². The zero-order valence-electron chi connectivity index (χ0n) is 20.2. The lowest BCUT2D eigenvalue weighted by atomic mass is 9.94. The van der Waals surface area contributed by atoms with Crippen LogP contribution in [0, 0.1) is 5.92 Å². The molecular weight excluding hydrogens is 356 g/mol. The van der Waals surface area contributed by atoms with Crippen molar-refractivity contribution in [3.05, 3.63) is 0 Å². The highest BCUT2D eigenvalue weighted by molar-refractivity contribution is 5.69. The van der Waals surface area contributed by atoms with Crippen molar-refractivity contribution in [2.75, 3.05) is 0 Å². The van der Waals surface area contributed by atoms with Crippen LogP contribution in [0.15, 0.2) is 0 Å². The number of carbonyl (C=O) groups is 1. The lowest BCUT2D eigenvalue weighted by Gasteiger charge is -2.12. The van der Waals surface area contributed by atoms with Crippen LogP contribution in [0.25, 0.3) is 0 Å². The SMILES string of the molecule is CCCCCCCCCCCCCCCCCCC(CCCCCCC)C(=O)O. The van der Waals surface area contributed by atoms with Gasteiger partial charge in [0.1, 0.15) is 0 Å². The van der Waals surface area contributed by atoms with E-state index in [9.17, 15) is 9.90 Å². The van der Waals surface area contributed by atoms with Crippen LogP contribution in [0.5, 0.6) is 0 Å². The Hall–Kier alpha value is -0.530. The van der Waals surface area contributed by atoms with Gasteiger partial charge >= 0.3 is 5.97 Å². The Morgan fingerprint density at radius 1 is 0.483 bits per heavy atom. The average Bonchev–Trinajstić information content (AvgIpc) is 2.71. The summed E-state index contributed by atoms with van der Waals surface area (Å²) in [5.41, 5.74) is 0. The van der Waals surface area contributed by atoms with Crippen molar-refractivity contribution < 1.29 is 9.90 Å². The molecule has 0 bridgehead atoms. The quantitative estimate of drug-likeness (QED) is 0.161. The molecule has 0 aliphatic heterocycles. The Morgan fingerprint density at radius 3 is 0.966 bits per heavy atom. The maximum absolute atomic E-state index is 11.4. The van der Waals surface area contributed by atoms with Crippen molar-refractivity contribution in [2.24, 2.45) is 5.92 Å². The van der Waals surface area contributed by atoms with Crippen LogP contribution in [-0.4, -0.2) is 11.1 Å². The molecule has 0 saturated carbocycles. The highest BCUT2D eigenvalue weighted by Crippen LogP contribution is 2.20. The fourth-order valence-electron chi connectivity index (χ4n) is 4.32. The number of carboxylic acid groups (broad SMARTS) is 1. The van der Waals surface area contributed by atoms with E-state index in [-0.39, 0.29) is 5.92 Å². The third kappa shape index (κ3) is 22.0. The van der Waals surface area contributed by atoms with Crippen molar-refractivity contribution in [2.45, 2.75) is 162 Å². The molecular formula is C27H54O2. The van der Waals surface area contributed by atoms with Crippen LogP contribution in [0.1, 0.15) is 162 Å². The lowest BCUT2D eigenvalue weighted by Crippen LogP contribution is -2.13. The van der Waals surface area contributed by atoms with Gasteiger partial charge in [0.05, 0.1) is 5.92 Å². The van der Waals surface area contributed by atoms with Gasteiger partial charge in [0, 0.05) is 0 Å². The first-order valence-electron chi connectivity index (χ1n) is 13.4. The van der Waals surface area contributed by atoms with Crippen LogP contribution >= 0.6 is 0 Å². The molecule has 0 spiro atoms. The summed E-state index contributed by atoms with van der Waals surface area (Å²) in [6.45, 7) is 4.50. The molecule has 2 nitrogen and oxygen atoms in total. The van der Waals surface area contributed by atoms with E-state index in [0.29, 0.717) is 0 Å². The van der Waals surface area contributed by atoms with E-state index in [0.717, 1.165) is 25.7 Å². The standard InChI is InChI=1S/C27H54O2/c1-3-5-7-9-10-11-12-13-14-15-16-17-18-19-21-23-25-26(27(28)29)24-22-20-8-6-4-2/h26H,3-25H2,1-2H3,(H,28,29).